The van der Waals surface area contributed by atoms with Crippen LogP contribution in [0.1, 0.15) is 5.56 Å². The molecule has 0 heterocycles. The van der Waals surface area contributed by atoms with E-state index >= 15 is 0 Å². The van der Waals surface area contributed by atoms with Crippen LogP contribution in [0, 0.1) is 6.92 Å². The highest BCUT2D eigenvalue weighted by atomic mass is 32.2. The molecule has 6 heteroatoms. The second-order valence-electron chi connectivity index (χ2n) is 4.28. The maximum atomic E-state index is 11.7. The van der Waals surface area contributed by atoms with Crippen molar-refractivity contribution in [2.45, 2.75) is 6.92 Å². The molecule has 102 valence electrons. The average molecular weight is 272 g/mol. The topological polar surface area (TPSA) is 49.9 Å². The summed E-state index contributed by atoms with van der Waals surface area (Å²) in [6, 6.07) is 7.66. The molecule has 1 rings (SSSR count). The third-order valence-electron chi connectivity index (χ3n) is 2.52. The first-order valence-electron chi connectivity index (χ1n) is 5.67. The van der Waals surface area contributed by atoms with Gasteiger partial charge in [-0.3, -0.25) is 0 Å². The molecule has 1 aromatic rings. The number of benzene rings is 1. The van der Waals surface area contributed by atoms with Gasteiger partial charge in [0.1, 0.15) is 12.4 Å². The Bertz CT molecular complexity index is 486. The van der Waals surface area contributed by atoms with Crippen LogP contribution in [0.3, 0.4) is 0 Å². The Labute approximate surface area is 109 Å². The lowest BCUT2D eigenvalue weighted by Crippen LogP contribution is -2.39. The van der Waals surface area contributed by atoms with Gasteiger partial charge in [-0.1, -0.05) is 12.1 Å². The quantitative estimate of drug-likeness (QED) is 0.779. The van der Waals surface area contributed by atoms with Crippen LogP contribution in [-0.2, 0) is 10.2 Å². The fraction of sp³-hybridized carbons (Fsp3) is 0.500. The van der Waals surface area contributed by atoms with Crippen LogP contribution in [0.2, 0.25) is 0 Å². The minimum atomic E-state index is -3.35. The summed E-state index contributed by atoms with van der Waals surface area (Å²) in [7, 11) is 1.20. The van der Waals surface area contributed by atoms with Crippen LogP contribution < -0.4 is 4.74 Å². The maximum Gasteiger partial charge on any atom is 0.281 e. The van der Waals surface area contributed by atoms with E-state index in [0.717, 1.165) is 11.3 Å². The highest BCUT2D eigenvalue weighted by Gasteiger charge is 2.19. The molecule has 18 heavy (non-hydrogen) atoms. The predicted octanol–water partition coefficient (Wildman–Crippen LogP) is 1.11. The number of hydrogen-bond donors (Lipinski definition) is 0. The molecule has 0 spiro atoms. The molecule has 1 aromatic carbocycles. The van der Waals surface area contributed by atoms with Crippen molar-refractivity contribution in [3.8, 4) is 5.75 Å². The highest BCUT2D eigenvalue weighted by Crippen LogP contribution is 2.12. The molecule has 0 aliphatic rings. The maximum absolute atomic E-state index is 11.7. The molecule has 0 amide bonds. The SMILES string of the molecule is Cc1cccc(OCCN(C)S(=O)(=O)N(C)C)c1. The zero-order valence-electron chi connectivity index (χ0n) is 11.3. The Morgan fingerprint density at radius 3 is 2.44 bits per heavy atom. The Hall–Kier alpha value is -1.11. The first-order valence-corrected chi connectivity index (χ1v) is 7.07. The smallest absolute Gasteiger partial charge is 0.281 e. The first kappa shape index (κ1) is 14.9. The van der Waals surface area contributed by atoms with E-state index < -0.39 is 10.2 Å². The van der Waals surface area contributed by atoms with Gasteiger partial charge < -0.3 is 4.74 Å². The summed E-state index contributed by atoms with van der Waals surface area (Å²) >= 11 is 0. The van der Waals surface area contributed by atoms with Crippen LogP contribution in [0.5, 0.6) is 5.75 Å². The van der Waals surface area contributed by atoms with E-state index in [4.69, 9.17) is 4.74 Å². The summed E-state index contributed by atoms with van der Waals surface area (Å²) < 4.78 is 31.4. The lowest BCUT2D eigenvalue weighted by Gasteiger charge is -2.21. The third-order valence-corrected chi connectivity index (χ3v) is 4.41. The second kappa shape index (κ2) is 6.17. The Balaban J connectivity index is 2.48. The van der Waals surface area contributed by atoms with Crippen molar-refractivity contribution < 1.29 is 13.2 Å². The number of likely N-dealkylation sites (N-methyl/N-ethyl adjacent to an activating group) is 1. The molecule has 0 aliphatic heterocycles. The van der Waals surface area contributed by atoms with Crippen molar-refractivity contribution in [2.75, 3.05) is 34.3 Å². The third kappa shape index (κ3) is 3.97. The van der Waals surface area contributed by atoms with E-state index in [9.17, 15) is 8.42 Å². The molecular weight excluding hydrogens is 252 g/mol. The molecule has 0 unspecified atom stereocenters. The van der Waals surface area contributed by atoms with Crippen molar-refractivity contribution in [1.29, 1.82) is 0 Å². The van der Waals surface area contributed by atoms with Crippen molar-refractivity contribution in [3.05, 3.63) is 29.8 Å². The molecular formula is C12H20N2O3S. The van der Waals surface area contributed by atoms with E-state index in [1.807, 2.05) is 31.2 Å². The fourth-order valence-electron chi connectivity index (χ4n) is 1.39. The molecule has 0 aromatic heterocycles. The zero-order valence-corrected chi connectivity index (χ0v) is 12.1. The molecule has 0 aliphatic carbocycles. The average Bonchev–Trinajstić information content (AvgIpc) is 2.28. The van der Waals surface area contributed by atoms with Gasteiger partial charge in [-0.05, 0) is 24.6 Å². The lowest BCUT2D eigenvalue weighted by atomic mass is 10.2. The Morgan fingerprint density at radius 1 is 1.22 bits per heavy atom. The molecule has 0 atom stereocenters. The summed E-state index contributed by atoms with van der Waals surface area (Å²) in [4.78, 5) is 0. The number of nitrogens with zero attached hydrogens (tertiary/aromatic N) is 2. The Morgan fingerprint density at radius 2 is 1.89 bits per heavy atom. The van der Waals surface area contributed by atoms with Crippen LogP contribution in [0.25, 0.3) is 0 Å². The van der Waals surface area contributed by atoms with E-state index in [0.29, 0.717) is 13.2 Å². The molecule has 0 bridgehead atoms. The van der Waals surface area contributed by atoms with Gasteiger partial charge >= 0.3 is 0 Å². The van der Waals surface area contributed by atoms with Gasteiger partial charge in [-0.25, -0.2) is 0 Å². The molecule has 0 saturated heterocycles. The molecule has 0 radical (unpaired) electrons. The van der Waals surface area contributed by atoms with Crippen LogP contribution in [0.15, 0.2) is 24.3 Å². The number of rotatable bonds is 6. The van der Waals surface area contributed by atoms with Crippen LogP contribution in [-0.4, -0.2) is 51.3 Å². The fourth-order valence-corrected chi connectivity index (χ4v) is 2.25. The highest BCUT2D eigenvalue weighted by molar-refractivity contribution is 7.86. The van der Waals surface area contributed by atoms with Gasteiger partial charge in [0.2, 0.25) is 0 Å². The molecule has 0 saturated carbocycles. The Kier molecular flexibility index (Phi) is 5.13. The first-order chi connectivity index (χ1) is 8.34. The van der Waals surface area contributed by atoms with Gasteiger partial charge in [-0.2, -0.15) is 17.0 Å². The number of aryl methyl sites for hydroxylation is 1. The minimum Gasteiger partial charge on any atom is -0.492 e. The van der Waals surface area contributed by atoms with Crippen molar-refractivity contribution in [3.63, 3.8) is 0 Å². The summed E-state index contributed by atoms with van der Waals surface area (Å²) in [5, 5.41) is 0. The van der Waals surface area contributed by atoms with Gasteiger partial charge in [0, 0.05) is 27.7 Å². The standard InChI is InChI=1S/C12H20N2O3S/c1-11-6-5-7-12(10-11)17-9-8-14(4)18(15,16)13(2)3/h5-7,10H,8-9H2,1-4H3. The van der Waals surface area contributed by atoms with E-state index in [-0.39, 0.29) is 0 Å². The largest absolute Gasteiger partial charge is 0.492 e. The van der Waals surface area contributed by atoms with Crippen LogP contribution >= 0.6 is 0 Å². The van der Waals surface area contributed by atoms with Gasteiger partial charge in [0.25, 0.3) is 10.2 Å². The van der Waals surface area contributed by atoms with Gasteiger partial charge in [0.05, 0.1) is 0 Å². The summed E-state index contributed by atoms with van der Waals surface area (Å²) in [5.74, 6) is 0.755. The van der Waals surface area contributed by atoms with Crippen molar-refractivity contribution in [2.24, 2.45) is 0 Å². The van der Waals surface area contributed by atoms with Gasteiger partial charge in [-0.15, -0.1) is 0 Å². The van der Waals surface area contributed by atoms with Crippen molar-refractivity contribution >= 4 is 10.2 Å². The lowest BCUT2D eigenvalue weighted by molar-refractivity contribution is 0.281. The van der Waals surface area contributed by atoms with Gasteiger partial charge in [0.15, 0.2) is 0 Å². The monoisotopic (exact) mass is 272 g/mol. The van der Waals surface area contributed by atoms with Crippen molar-refractivity contribution in [1.82, 2.24) is 8.61 Å². The summed E-state index contributed by atoms with van der Waals surface area (Å²) in [6.45, 7) is 2.62. The van der Waals surface area contributed by atoms with E-state index in [1.165, 1.54) is 29.8 Å². The summed E-state index contributed by atoms with van der Waals surface area (Å²) in [6.07, 6.45) is 0. The minimum absolute atomic E-state index is 0.314. The second-order valence-corrected chi connectivity index (χ2v) is 6.53. The summed E-state index contributed by atoms with van der Waals surface area (Å²) in [5.41, 5.74) is 1.11. The van der Waals surface area contributed by atoms with E-state index in [1.54, 1.807) is 0 Å². The van der Waals surface area contributed by atoms with E-state index in [2.05, 4.69) is 0 Å². The predicted molar refractivity (Wildman–Crippen MR) is 71.9 cm³/mol. The number of ether oxygens (including phenoxy) is 1. The molecule has 0 fully saturated rings. The normalized spacial score (nSPS) is 12.1. The van der Waals surface area contributed by atoms with Crippen LogP contribution in [0.4, 0.5) is 0 Å². The number of hydrogen-bond acceptors (Lipinski definition) is 3. The molecule has 5 nitrogen and oxygen atoms in total. The molecule has 0 N–H and O–H groups in total. The zero-order chi connectivity index (χ0) is 13.8.